The van der Waals surface area contributed by atoms with Gasteiger partial charge in [0.1, 0.15) is 0 Å². The summed E-state index contributed by atoms with van der Waals surface area (Å²) in [5, 5.41) is 7.40. The Morgan fingerprint density at radius 1 is 0.324 bits per heavy atom. The molecule has 13 rings (SSSR count). The first-order valence-corrected chi connectivity index (χ1v) is 23.6. The van der Waals surface area contributed by atoms with E-state index in [9.17, 15) is 0 Å². The Morgan fingerprint density at radius 3 is 1.37 bits per heavy atom. The van der Waals surface area contributed by atoms with Gasteiger partial charge in [0.25, 0.3) is 0 Å². The summed E-state index contributed by atoms with van der Waals surface area (Å²) in [4.78, 5) is 4.75. The highest BCUT2D eigenvalue weighted by Crippen LogP contribution is 2.50. The predicted molar refractivity (Wildman–Crippen MR) is 288 cm³/mol. The van der Waals surface area contributed by atoms with Crippen LogP contribution in [-0.4, -0.2) is 4.57 Å². The van der Waals surface area contributed by atoms with Gasteiger partial charge in [-0.05, 0) is 135 Å². The maximum absolute atomic E-state index is 2.52. The number of benzene rings is 11. The van der Waals surface area contributed by atoms with Crippen molar-refractivity contribution in [2.45, 2.75) is 19.3 Å². The van der Waals surface area contributed by atoms with Crippen LogP contribution in [0.2, 0.25) is 0 Å². The van der Waals surface area contributed by atoms with Gasteiger partial charge in [0.2, 0.25) is 0 Å². The van der Waals surface area contributed by atoms with Crippen LogP contribution in [0.25, 0.3) is 71.3 Å². The number of rotatable bonds is 8. The van der Waals surface area contributed by atoms with Crippen LogP contribution in [0, 0.1) is 0 Å². The van der Waals surface area contributed by atoms with E-state index in [4.69, 9.17) is 0 Å². The second-order valence-electron chi connectivity index (χ2n) is 18.6. The molecule has 0 saturated heterocycles. The van der Waals surface area contributed by atoms with Gasteiger partial charge in [0.05, 0.1) is 28.1 Å². The maximum Gasteiger partial charge on any atom is 0.0582 e. The molecule has 1 aliphatic heterocycles. The second kappa shape index (κ2) is 15.8. The minimum Gasteiger partial charge on any atom is -0.310 e. The van der Waals surface area contributed by atoms with Crippen molar-refractivity contribution in [2.75, 3.05) is 9.80 Å². The molecule has 0 bridgehead atoms. The highest BCUT2D eigenvalue weighted by Gasteiger charge is 2.35. The highest BCUT2D eigenvalue weighted by atomic mass is 15.1. The third-order valence-corrected chi connectivity index (χ3v) is 14.3. The zero-order valence-electron chi connectivity index (χ0n) is 38.0. The van der Waals surface area contributed by atoms with Crippen LogP contribution in [0.1, 0.15) is 25.0 Å². The van der Waals surface area contributed by atoms with Gasteiger partial charge >= 0.3 is 0 Å². The molecule has 0 saturated carbocycles. The second-order valence-corrected chi connectivity index (χ2v) is 18.6. The van der Waals surface area contributed by atoms with Crippen molar-refractivity contribution in [1.29, 1.82) is 0 Å². The van der Waals surface area contributed by atoms with Crippen molar-refractivity contribution in [2.24, 2.45) is 0 Å². The summed E-state index contributed by atoms with van der Waals surface area (Å²) >= 11 is 0. The summed E-state index contributed by atoms with van der Waals surface area (Å²) in [5.41, 5.74) is 17.8. The number of para-hydroxylation sites is 3. The molecule has 3 heteroatoms. The molecule has 0 unspecified atom stereocenters. The van der Waals surface area contributed by atoms with E-state index >= 15 is 0 Å². The van der Waals surface area contributed by atoms with Gasteiger partial charge in [0, 0.05) is 49.7 Å². The van der Waals surface area contributed by atoms with E-state index in [-0.39, 0.29) is 5.41 Å². The van der Waals surface area contributed by atoms with Crippen LogP contribution in [-0.2, 0) is 5.41 Å². The molecule has 2 heterocycles. The van der Waals surface area contributed by atoms with Gasteiger partial charge in [-0.15, -0.1) is 0 Å². The first-order chi connectivity index (χ1) is 33.5. The lowest BCUT2D eigenvalue weighted by Gasteiger charge is -2.35. The molecule has 68 heavy (non-hydrogen) atoms. The van der Waals surface area contributed by atoms with Gasteiger partial charge in [-0.1, -0.05) is 172 Å². The molecule has 0 aliphatic carbocycles. The third-order valence-electron chi connectivity index (χ3n) is 14.3. The Morgan fingerprint density at radius 2 is 0.779 bits per heavy atom. The fraction of sp³-hybridized carbons (Fsp3) is 0.0462. The molecule has 322 valence electrons. The lowest BCUT2D eigenvalue weighted by molar-refractivity contribution is 0.630. The molecule has 0 fully saturated rings. The zero-order chi connectivity index (χ0) is 45.3. The van der Waals surface area contributed by atoms with Crippen LogP contribution in [0.15, 0.2) is 249 Å². The van der Waals surface area contributed by atoms with Crippen molar-refractivity contribution < 1.29 is 0 Å². The number of anilines is 6. The minimum atomic E-state index is -0.221. The van der Waals surface area contributed by atoms with Crippen molar-refractivity contribution in [1.82, 2.24) is 4.57 Å². The lowest BCUT2D eigenvalue weighted by Crippen LogP contribution is -2.26. The van der Waals surface area contributed by atoms with E-state index in [0.717, 1.165) is 34.1 Å². The molecule has 0 radical (unpaired) electrons. The molecule has 1 aromatic heterocycles. The number of fused-ring (bicyclic) bond motifs is 7. The fourth-order valence-corrected chi connectivity index (χ4v) is 11.0. The topological polar surface area (TPSA) is 11.4 Å². The van der Waals surface area contributed by atoms with Crippen molar-refractivity contribution >= 4 is 77.5 Å². The molecule has 1 aliphatic rings. The summed E-state index contributed by atoms with van der Waals surface area (Å²) in [7, 11) is 0. The number of hydrogen-bond donors (Lipinski definition) is 0. The SMILES string of the molecule is CC1(C)c2ccccc2-n2c3ccc(-c4ccc(N(c5ccccc5)c5cccc6ccccc56)cc4)cc3c3cc(-c4ccc(N(c5ccccc5)c5cccc6ccccc56)cc4)cc1c32. The van der Waals surface area contributed by atoms with Crippen LogP contribution in [0.4, 0.5) is 34.1 Å². The highest BCUT2D eigenvalue weighted by molar-refractivity contribution is 6.14. The molecule has 12 aromatic rings. The van der Waals surface area contributed by atoms with Crippen molar-refractivity contribution in [3.63, 3.8) is 0 Å². The van der Waals surface area contributed by atoms with Crippen LogP contribution in [0.5, 0.6) is 0 Å². The zero-order valence-corrected chi connectivity index (χ0v) is 38.0. The van der Waals surface area contributed by atoms with E-state index in [0.29, 0.717) is 0 Å². The number of nitrogens with zero attached hydrogens (tertiary/aromatic N) is 3. The molecular weight excluding hydrogens is 823 g/mol. The van der Waals surface area contributed by atoms with Crippen LogP contribution >= 0.6 is 0 Å². The Hall–Kier alpha value is -8.66. The van der Waals surface area contributed by atoms with Crippen LogP contribution in [0.3, 0.4) is 0 Å². The molecule has 0 spiro atoms. The number of aromatic nitrogens is 1. The maximum atomic E-state index is 2.52. The third kappa shape index (κ3) is 6.35. The number of hydrogen-bond acceptors (Lipinski definition) is 2. The predicted octanol–water partition coefficient (Wildman–Crippen LogP) is 18.0. The first-order valence-electron chi connectivity index (χ1n) is 23.6. The summed E-state index contributed by atoms with van der Waals surface area (Å²) in [5.74, 6) is 0. The van der Waals surface area contributed by atoms with E-state index in [1.165, 1.54) is 82.4 Å². The van der Waals surface area contributed by atoms with Gasteiger partial charge in [-0.25, -0.2) is 0 Å². The molecule has 0 N–H and O–H groups in total. The average molecular weight is 870 g/mol. The minimum absolute atomic E-state index is 0.221. The molecule has 0 atom stereocenters. The largest absolute Gasteiger partial charge is 0.310 e. The van der Waals surface area contributed by atoms with Gasteiger partial charge in [-0.3, -0.25) is 0 Å². The lowest BCUT2D eigenvalue weighted by atomic mass is 9.74. The van der Waals surface area contributed by atoms with Gasteiger partial charge < -0.3 is 14.4 Å². The Balaban J connectivity index is 0.942. The Bertz CT molecular complexity index is 3860. The fourth-order valence-electron chi connectivity index (χ4n) is 11.0. The monoisotopic (exact) mass is 869 g/mol. The molecule has 0 amide bonds. The van der Waals surface area contributed by atoms with Crippen LogP contribution < -0.4 is 9.80 Å². The Kier molecular flexibility index (Phi) is 9.19. The van der Waals surface area contributed by atoms with E-state index in [1.807, 2.05) is 0 Å². The standard InChI is InChI=1S/C65H47N3/c1-65(2)58-27-13-14-28-63(58)68-62-40-35-48(44-31-36-52(37-32-44)66(50-21-5-3-6-22-50)60-29-15-19-46-17-9-11-25-54(46)60)41-56(62)57-42-49(43-59(65)64(57)68)45-33-38-53(39-34-45)67(51-23-7-4-8-24-51)61-30-16-20-47-18-10-12-26-55(47)61/h3-43H,1-2H3. The first kappa shape index (κ1) is 39.7. The summed E-state index contributed by atoms with van der Waals surface area (Å²) < 4.78 is 2.52. The van der Waals surface area contributed by atoms with E-state index in [2.05, 4.69) is 277 Å². The summed E-state index contributed by atoms with van der Waals surface area (Å²) in [6.07, 6.45) is 0. The molecule has 11 aromatic carbocycles. The average Bonchev–Trinajstić information content (AvgIpc) is 3.73. The van der Waals surface area contributed by atoms with Gasteiger partial charge in [0.15, 0.2) is 0 Å². The van der Waals surface area contributed by atoms with Crippen molar-refractivity contribution in [3.8, 4) is 27.9 Å². The van der Waals surface area contributed by atoms with Crippen molar-refractivity contribution in [3.05, 3.63) is 260 Å². The quantitative estimate of drug-likeness (QED) is 0.151. The van der Waals surface area contributed by atoms with E-state index < -0.39 is 0 Å². The normalized spacial score (nSPS) is 12.7. The summed E-state index contributed by atoms with van der Waals surface area (Å²) in [6, 6.07) is 91.0. The van der Waals surface area contributed by atoms with E-state index in [1.54, 1.807) is 0 Å². The Labute approximate surface area is 397 Å². The smallest absolute Gasteiger partial charge is 0.0582 e. The molecule has 3 nitrogen and oxygen atoms in total. The van der Waals surface area contributed by atoms with Gasteiger partial charge in [-0.2, -0.15) is 0 Å². The summed E-state index contributed by atoms with van der Waals surface area (Å²) in [6.45, 7) is 4.78. The molecular formula is C65H47N3.